The lowest BCUT2D eigenvalue weighted by atomic mass is 9.75. The normalized spacial score (nSPS) is 29.5. The average molecular weight is 241 g/mol. The number of hydrogen-bond donors (Lipinski definition) is 1. The van der Waals surface area contributed by atoms with Gasteiger partial charge < -0.3 is 9.84 Å². The highest BCUT2D eigenvalue weighted by molar-refractivity contribution is 4.92. The summed E-state index contributed by atoms with van der Waals surface area (Å²) in [5, 5.41) is 9.23. The van der Waals surface area contributed by atoms with Crippen LogP contribution in [0.5, 0.6) is 0 Å². The van der Waals surface area contributed by atoms with Gasteiger partial charge in [-0.3, -0.25) is 4.90 Å². The molecule has 1 unspecified atom stereocenters. The number of morpholine rings is 1. The number of aliphatic hydroxyl groups is 1. The van der Waals surface area contributed by atoms with Gasteiger partial charge in [0, 0.05) is 18.6 Å². The molecule has 2 fully saturated rings. The fourth-order valence-electron chi connectivity index (χ4n) is 3.42. The van der Waals surface area contributed by atoms with Gasteiger partial charge in [0.1, 0.15) is 0 Å². The summed E-state index contributed by atoms with van der Waals surface area (Å²) in [5.41, 5.74) is 0.262. The van der Waals surface area contributed by atoms with E-state index in [0.29, 0.717) is 0 Å². The maximum absolute atomic E-state index is 9.23. The summed E-state index contributed by atoms with van der Waals surface area (Å²) in [6.45, 7) is 7.57. The molecule has 1 aliphatic heterocycles. The summed E-state index contributed by atoms with van der Waals surface area (Å²) in [6, 6.07) is 0. The zero-order valence-corrected chi connectivity index (χ0v) is 11.3. The van der Waals surface area contributed by atoms with Crippen molar-refractivity contribution in [2.24, 2.45) is 5.92 Å². The molecule has 1 aliphatic carbocycles. The second kappa shape index (κ2) is 5.68. The smallest absolute Gasteiger partial charge is 0.0933 e. The van der Waals surface area contributed by atoms with Crippen LogP contribution in [0.2, 0.25) is 0 Å². The summed E-state index contributed by atoms with van der Waals surface area (Å²) >= 11 is 0. The molecule has 1 N–H and O–H groups in total. The lowest BCUT2D eigenvalue weighted by Gasteiger charge is -2.48. The van der Waals surface area contributed by atoms with Gasteiger partial charge in [0.15, 0.2) is 0 Å². The van der Waals surface area contributed by atoms with E-state index in [2.05, 4.69) is 18.7 Å². The van der Waals surface area contributed by atoms with Gasteiger partial charge in [-0.1, -0.05) is 19.3 Å². The third kappa shape index (κ3) is 3.01. The number of aliphatic hydroxyl groups excluding tert-OH is 1. The molecule has 0 aromatic carbocycles. The van der Waals surface area contributed by atoms with E-state index >= 15 is 0 Å². The van der Waals surface area contributed by atoms with Crippen LogP contribution in [0.15, 0.2) is 0 Å². The Bertz CT molecular complexity index is 236. The van der Waals surface area contributed by atoms with Crippen LogP contribution in [0.3, 0.4) is 0 Å². The minimum atomic E-state index is 0.0200. The third-order valence-corrected chi connectivity index (χ3v) is 4.76. The summed E-state index contributed by atoms with van der Waals surface area (Å²) in [7, 11) is 0. The largest absolute Gasteiger partial charge is 0.394 e. The van der Waals surface area contributed by atoms with Crippen LogP contribution < -0.4 is 0 Å². The molecule has 0 aromatic rings. The van der Waals surface area contributed by atoms with Crippen molar-refractivity contribution in [3.63, 3.8) is 0 Å². The van der Waals surface area contributed by atoms with E-state index in [1.165, 1.54) is 32.1 Å². The Morgan fingerprint density at radius 1 is 1.24 bits per heavy atom. The molecular formula is C14H27NO2. The van der Waals surface area contributed by atoms with Crippen LogP contribution in [-0.2, 0) is 4.74 Å². The molecule has 0 amide bonds. The average Bonchev–Trinajstić information content (AvgIpc) is 2.40. The molecule has 17 heavy (non-hydrogen) atoms. The highest BCUT2D eigenvalue weighted by atomic mass is 16.5. The number of ether oxygens (including phenoxy) is 1. The van der Waals surface area contributed by atoms with Gasteiger partial charge in [0.05, 0.1) is 19.3 Å². The molecule has 0 aromatic heterocycles. The van der Waals surface area contributed by atoms with Crippen LogP contribution in [0, 0.1) is 5.92 Å². The van der Waals surface area contributed by atoms with E-state index in [-0.39, 0.29) is 18.2 Å². The van der Waals surface area contributed by atoms with E-state index < -0.39 is 0 Å². The van der Waals surface area contributed by atoms with Crippen molar-refractivity contribution in [2.45, 2.75) is 57.6 Å². The van der Waals surface area contributed by atoms with Crippen molar-refractivity contribution in [1.82, 2.24) is 4.90 Å². The van der Waals surface area contributed by atoms with E-state index in [0.717, 1.165) is 25.6 Å². The Morgan fingerprint density at radius 2 is 1.94 bits per heavy atom. The van der Waals surface area contributed by atoms with Crippen LogP contribution in [-0.4, -0.2) is 48.0 Å². The first-order chi connectivity index (χ1) is 8.14. The van der Waals surface area contributed by atoms with E-state index in [9.17, 15) is 5.11 Å². The Hall–Kier alpha value is -0.120. The lowest BCUT2D eigenvalue weighted by Crippen LogP contribution is -2.57. The van der Waals surface area contributed by atoms with Crippen LogP contribution >= 0.6 is 0 Å². The van der Waals surface area contributed by atoms with Crippen LogP contribution in [0.4, 0.5) is 0 Å². The lowest BCUT2D eigenvalue weighted by molar-refractivity contribution is -0.0945. The van der Waals surface area contributed by atoms with Crippen LogP contribution in [0.25, 0.3) is 0 Å². The summed E-state index contributed by atoms with van der Waals surface area (Å²) in [5.74, 6) is 0.814. The van der Waals surface area contributed by atoms with Gasteiger partial charge in [0.25, 0.3) is 0 Å². The van der Waals surface area contributed by atoms with Gasteiger partial charge >= 0.3 is 0 Å². The molecular weight excluding hydrogens is 214 g/mol. The SMILES string of the molecule is CC(C)(C1CCCCC1)N1CCOC(CO)C1. The zero-order valence-electron chi connectivity index (χ0n) is 11.3. The van der Waals surface area contributed by atoms with Gasteiger partial charge in [-0.05, 0) is 32.6 Å². The van der Waals surface area contributed by atoms with Gasteiger partial charge in [0.2, 0.25) is 0 Å². The molecule has 0 spiro atoms. The first-order valence-electron chi connectivity index (χ1n) is 7.12. The molecule has 1 saturated carbocycles. The molecule has 3 nitrogen and oxygen atoms in total. The fourth-order valence-corrected chi connectivity index (χ4v) is 3.42. The summed E-state index contributed by atoms with van der Waals surface area (Å²) in [4.78, 5) is 2.54. The maximum atomic E-state index is 9.23. The number of hydrogen-bond acceptors (Lipinski definition) is 3. The van der Waals surface area contributed by atoms with Gasteiger partial charge in [-0.2, -0.15) is 0 Å². The zero-order chi connectivity index (χ0) is 12.3. The molecule has 100 valence electrons. The summed E-state index contributed by atoms with van der Waals surface area (Å²) in [6.07, 6.45) is 6.95. The predicted octanol–water partition coefficient (Wildman–Crippen LogP) is 2.04. The molecule has 3 heteroatoms. The van der Waals surface area contributed by atoms with Crippen molar-refractivity contribution in [3.8, 4) is 0 Å². The van der Waals surface area contributed by atoms with Gasteiger partial charge in [-0.15, -0.1) is 0 Å². The number of nitrogens with zero attached hydrogens (tertiary/aromatic N) is 1. The molecule has 0 radical (unpaired) electrons. The predicted molar refractivity (Wildman–Crippen MR) is 69.1 cm³/mol. The molecule has 0 bridgehead atoms. The van der Waals surface area contributed by atoms with Crippen molar-refractivity contribution >= 4 is 0 Å². The van der Waals surface area contributed by atoms with Gasteiger partial charge in [-0.25, -0.2) is 0 Å². The second-order valence-corrected chi connectivity index (χ2v) is 6.11. The highest BCUT2D eigenvalue weighted by Gasteiger charge is 2.38. The second-order valence-electron chi connectivity index (χ2n) is 6.11. The maximum Gasteiger partial charge on any atom is 0.0933 e. The first kappa shape index (κ1) is 13.3. The van der Waals surface area contributed by atoms with Crippen molar-refractivity contribution in [3.05, 3.63) is 0 Å². The van der Waals surface area contributed by atoms with Crippen molar-refractivity contribution < 1.29 is 9.84 Å². The third-order valence-electron chi connectivity index (χ3n) is 4.76. The molecule has 2 rings (SSSR count). The fraction of sp³-hybridized carbons (Fsp3) is 1.00. The molecule has 1 saturated heterocycles. The quantitative estimate of drug-likeness (QED) is 0.821. The minimum absolute atomic E-state index is 0.0200. The minimum Gasteiger partial charge on any atom is -0.394 e. The van der Waals surface area contributed by atoms with Crippen LogP contribution in [0.1, 0.15) is 46.0 Å². The van der Waals surface area contributed by atoms with Crippen molar-refractivity contribution in [2.75, 3.05) is 26.3 Å². The monoisotopic (exact) mass is 241 g/mol. The van der Waals surface area contributed by atoms with Crippen molar-refractivity contribution in [1.29, 1.82) is 0 Å². The Kier molecular flexibility index (Phi) is 4.45. The van der Waals surface area contributed by atoms with E-state index in [1.54, 1.807) is 0 Å². The molecule has 1 heterocycles. The molecule has 1 atom stereocenters. The molecule has 2 aliphatic rings. The topological polar surface area (TPSA) is 32.7 Å². The Morgan fingerprint density at radius 3 is 2.59 bits per heavy atom. The first-order valence-corrected chi connectivity index (χ1v) is 7.12. The standard InChI is InChI=1S/C14H27NO2/c1-14(2,12-6-4-3-5-7-12)15-8-9-17-13(10-15)11-16/h12-13,16H,3-11H2,1-2H3. The highest BCUT2D eigenvalue weighted by Crippen LogP contribution is 2.36. The number of rotatable bonds is 3. The Balaban J connectivity index is 1.97. The Labute approximate surface area is 105 Å². The van der Waals surface area contributed by atoms with E-state index in [4.69, 9.17) is 4.74 Å². The van der Waals surface area contributed by atoms with E-state index in [1.807, 2.05) is 0 Å². The summed E-state index contributed by atoms with van der Waals surface area (Å²) < 4.78 is 5.55.